The molecule has 0 spiro atoms. The second-order valence-electron chi connectivity index (χ2n) is 5.00. The Kier molecular flexibility index (Phi) is 2.95. The average molecular weight is 276 g/mol. The second kappa shape index (κ2) is 4.32. The van der Waals surface area contributed by atoms with Gasteiger partial charge in [0.15, 0.2) is 0 Å². The second-order valence-corrected chi connectivity index (χ2v) is 6.07. The Bertz CT molecular complexity index is 374. The summed E-state index contributed by atoms with van der Waals surface area (Å²) in [5.41, 5.74) is 0. The van der Waals surface area contributed by atoms with Crippen molar-refractivity contribution in [3.63, 3.8) is 0 Å². The molecule has 1 aliphatic carbocycles. The molecule has 6 heteroatoms. The number of nitrogens with zero attached hydrogens (tertiary/aromatic N) is 2. The minimum Gasteiger partial charge on any atom is -0.333 e. The molecule has 94 valence electrons. The molecular weight excluding hydrogens is 261 g/mol. The highest BCUT2D eigenvalue weighted by Gasteiger charge is 2.42. The molecule has 2 aliphatic heterocycles. The minimum absolute atomic E-state index is 0.0220. The number of amides is 1. The number of aliphatic imine (C=N–C) groups is 1. The van der Waals surface area contributed by atoms with Crippen molar-refractivity contribution in [2.45, 2.75) is 36.1 Å². The van der Waals surface area contributed by atoms with Crippen molar-refractivity contribution in [3.8, 4) is 0 Å². The van der Waals surface area contributed by atoms with E-state index in [4.69, 9.17) is 23.2 Å². The lowest BCUT2D eigenvalue weighted by Gasteiger charge is -2.35. The maximum absolute atomic E-state index is 11.3. The van der Waals surface area contributed by atoms with E-state index in [1.165, 1.54) is 0 Å². The van der Waals surface area contributed by atoms with Gasteiger partial charge in [0.2, 0.25) is 11.9 Å². The molecule has 4 atom stereocenters. The fourth-order valence-corrected chi connectivity index (χ4v) is 3.64. The van der Waals surface area contributed by atoms with Gasteiger partial charge in [-0.3, -0.25) is 10.1 Å². The number of halogens is 2. The standard InChI is InChI=1S/C11H15Cl2N3O/c12-7-2-1-3-8-6(10(7)13)4-16-5-9(17)15-11(16)14-8/h6-8,10H,1-5H2,(H,14,15,17). The quantitative estimate of drug-likeness (QED) is 0.675. The van der Waals surface area contributed by atoms with E-state index in [-0.39, 0.29) is 28.6 Å². The molecule has 0 radical (unpaired) electrons. The molecule has 3 rings (SSSR count). The summed E-state index contributed by atoms with van der Waals surface area (Å²) in [6, 6.07) is 0.214. The first-order valence-electron chi connectivity index (χ1n) is 6.06. The molecule has 3 aliphatic rings. The predicted octanol–water partition coefficient (Wildman–Crippen LogP) is 1.17. The van der Waals surface area contributed by atoms with Crippen LogP contribution in [-0.2, 0) is 4.79 Å². The van der Waals surface area contributed by atoms with Crippen LogP contribution in [0.15, 0.2) is 4.99 Å². The van der Waals surface area contributed by atoms with Crippen molar-refractivity contribution in [1.82, 2.24) is 10.2 Å². The number of nitrogens with one attached hydrogen (secondary N) is 1. The normalized spacial score (nSPS) is 41.2. The predicted molar refractivity (Wildman–Crippen MR) is 67.6 cm³/mol. The van der Waals surface area contributed by atoms with Crippen molar-refractivity contribution < 1.29 is 4.79 Å². The van der Waals surface area contributed by atoms with E-state index < -0.39 is 0 Å². The number of fused-ring (bicyclic) bond motifs is 2. The van der Waals surface area contributed by atoms with E-state index in [0.717, 1.165) is 31.8 Å². The summed E-state index contributed by atoms with van der Waals surface area (Å²) < 4.78 is 0. The van der Waals surface area contributed by atoms with E-state index in [2.05, 4.69) is 10.3 Å². The highest BCUT2D eigenvalue weighted by molar-refractivity contribution is 6.30. The van der Waals surface area contributed by atoms with Gasteiger partial charge in [0.25, 0.3) is 0 Å². The molecule has 2 fully saturated rings. The number of carbonyl (C=O) groups excluding carboxylic acids is 1. The van der Waals surface area contributed by atoms with Gasteiger partial charge in [-0.2, -0.15) is 0 Å². The molecule has 1 saturated heterocycles. The van der Waals surface area contributed by atoms with E-state index >= 15 is 0 Å². The maximum atomic E-state index is 11.3. The van der Waals surface area contributed by atoms with Gasteiger partial charge < -0.3 is 4.90 Å². The number of hydrogen-bond donors (Lipinski definition) is 1. The molecule has 2 heterocycles. The lowest BCUT2D eigenvalue weighted by Crippen LogP contribution is -2.47. The van der Waals surface area contributed by atoms with Gasteiger partial charge in [0.1, 0.15) is 6.54 Å². The van der Waals surface area contributed by atoms with Crippen LogP contribution in [0.25, 0.3) is 0 Å². The molecule has 4 nitrogen and oxygen atoms in total. The zero-order valence-corrected chi connectivity index (χ0v) is 10.9. The number of rotatable bonds is 0. The van der Waals surface area contributed by atoms with Crippen LogP contribution < -0.4 is 5.32 Å². The van der Waals surface area contributed by atoms with Gasteiger partial charge in [0, 0.05) is 12.5 Å². The van der Waals surface area contributed by atoms with E-state index in [1.807, 2.05) is 4.90 Å². The zero-order valence-electron chi connectivity index (χ0n) is 9.40. The number of hydrogen-bond acceptors (Lipinski definition) is 3. The number of guanidine groups is 1. The summed E-state index contributed by atoms with van der Waals surface area (Å²) >= 11 is 12.7. The van der Waals surface area contributed by atoms with E-state index in [1.54, 1.807) is 0 Å². The van der Waals surface area contributed by atoms with Crippen LogP contribution in [0.5, 0.6) is 0 Å². The molecule has 1 N–H and O–H groups in total. The lowest BCUT2D eigenvalue weighted by atomic mass is 9.93. The minimum atomic E-state index is -0.0508. The fraction of sp³-hybridized carbons (Fsp3) is 0.818. The van der Waals surface area contributed by atoms with Crippen LogP contribution in [0.4, 0.5) is 0 Å². The van der Waals surface area contributed by atoms with Crippen molar-refractivity contribution in [1.29, 1.82) is 0 Å². The van der Waals surface area contributed by atoms with Gasteiger partial charge in [-0.15, -0.1) is 23.2 Å². The average Bonchev–Trinajstić information content (AvgIpc) is 2.59. The van der Waals surface area contributed by atoms with Crippen molar-refractivity contribution in [2.75, 3.05) is 13.1 Å². The molecule has 4 unspecified atom stereocenters. The topological polar surface area (TPSA) is 44.7 Å². The summed E-state index contributed by atoms with van der Waals surface area (Å²) in [5, 5.41) is 2.77. The summed E-state index contributed by atoms with van der Waals surface area (Å²) in [6.45, 7) is 1.19. The van der Waals surface area contributed by atoms with Gasteiger partial charge >= 0.3 is 0 Å². The zero-order chi connectivity index (χ0) is 12.0. The van der Waals surface area contributed by atoms with Crippen molar-refractivity contribution in [2.24, 2.45) is 10.9 Å². The first kappa shape index (κ1) is 11.6. The van der Waals surface area contributed by atoms with Crippen LogP contribution in [-0.4, -0.2) is 46.7 Å². The first-order valence-corrected chi connectivity index (χ1v) is 6.93. The largest absolute Gasteiger partial charge is 0.333 e. The highest BCUT2D eigenvalue weighted by atomic mass is 35.5. The Morgan fingerprint density at radius 3 is 3.00 bits per heavy atom. The highest BCUT2D eigenvalue weighted by Crippen LogP contribution is 2.35. The third kappa shape index (κ3) is 2.02. The SMILES string of the molecule is O=C1CN2CC3C(CCCC(Cl)C3Cl)N=C2N1. The molecule has 17 heavy (non-hydrogen) atoms. The van der Waals surface area contributed by atoms with Crippen LogP contribution in [0, 0.1) is 5.92 Å². The smallest absolute Gasteiger partial charge is 0.246 e. The summed E-state index contributed by atoms with van der Waals surface area (Å²) in [7, 11) is 0. The first-order chi connectivity index (χ1) is 8.15. The van der Waals surface area contributed by atoms with E-state index in [9.17, 15) is 4.79 Å². The molecule has 0 aromatic heterocycles. The molecule has 1 amide bonds. The summed E-state index contributed by atoms with van der Waals surface area (Å²) in [4.78, 5) is 17.9. The lowest BCUT2D eigenvalue weighted by molar-refractivity contribution is -0.118. The summed E-state index contributed by atoms with van der Waals surface area (Å²) in [6.07, 6.45) is 3.04. The van der Waals surface area contributed by atoms with Gasteiger partial charge in [-0.25, -0.2) is 4.99 Å². The molecule has 0 bridgehead atoms. The number of alkyl halides is 2. The van der Waals surface area contributed by atoms with Gasteiger partial charge in [0.05, 0.1) is 16.8 Å². The Hall–Kier alpha value is -0.480. The monoisotopic (exact) mass is 275 g/mol. The fourth-order valence-electron chi connectivity index (χ4n) is 2.93. The van der Waals surface area contributed by atoms with Crippen LogP contribution >= 0.6 is 23.2 Å². The molecule has 1 saturated carbocycles. The van der Waals surface area contributed by atoms with Crippen LogP contribution in [0.2, 0.25) is 0 Å². The Balaban J connectivity index is 1.86. The van der Waals surface area contributed by atoms with Crippen LogP contribution in [0.1, 0.15) is 19.3 Å². The maximum Gasteiger partial charge on any atom is 0.246 e. The molecule has 0 aromatic carbocycles. The van der Waals surface area contributed by atoms with Crippen LogP contribution in [0.3, 0.4) is 0 Å². The third-order valence-electron chi connectivity index (χ3n) is 3.83. The Morgan fingerprint density at radius 2 is 2.18 bits per heavy atom. The molecule has 0 aromatic rings. The number of carbonyl (C=O) groups is 1. The third-order valence-corrected chi connectivity index (χ3v) is 5.08. The molecular formula is C11H15Cl2N3O. The summed E-state index contributed by atoms with van der Waals surface area (Å²) in [5.74, 6) is 1.01. The van der Waals surface area contributed by atoms with Gasteiger partial charge in [-0.05, 0) is 19.3 Å². The Labute approximate surface area is 110 Å². The van der Waals surface area contributed by atoms with Gasteiger partial charge in [-0.1, -0.05) is 0 Å². The Morgan fingerprint density at radius 1 is 1.35 bits per heavy atom. The van der Waals surface area contributed by atoms with Crippen molar-refractivity contribution in [3.05, 3.63) is 0 Å². The van der Waals surface area contributed by atoms with Crippen molar-refractivity contribution >= 4 is 35.1 Å². The van der Waals surface area contributed by atoms with E-state index in [0.29, 0.717) is 6.54 Å².